The van der Waals surface area contributed by atoms with Gasteiger partial charge < -0.3 is 0 Å². The maximum absolute atomic E-state index is 9.88. The first-order valence-corrected chi connectivity index (χ1v) is 4.79. The van der Waals surface area contributed by atoms with Crippen LogP contribution < -0.4 is 0 Å². The van der Waals surface area contributed by atoms with Crippen LogP contribution in [0.25, 0.3) is 0 Å². The van der Waals surface area contributed by atoms with Crippen molar-refractivity contribution in [2.24, 2.45) is 0 Å². The van der Waals surface area contributed by atoms with E-state index in [4.69, 9.17) is 0 Å². The van der Waals surface area contributed by atoms with Gasteiger partial charge in [0.2, 0.25) is 0 Å². The highest BCUT2D eigenvalue weighted by Crippen LogP contribution is 2.03. The summed E-state index contributed by atoms with van der Waals surface area (Å²) < 4.78 is 0. The first-order chi connectivity index (χ1) is 6.41. The molecular weight excluding hydrogens is 160 g/mol. The fourth-order valence-electron chi connectivity index (χ4n) is 1.01. The van der Waals surface area contributed by atoms with E-state index in [1.54, 1.807) is 6.08 Å². The van der Waals surface area contributed by atoms with E-state index in [2.05, 4.69) is 12.7 Å². The normalized spacial score (nSPS) is 11.1. The quantitative estimate of drug-likeness (QED) is 0.183. The third-order valence-corrected chi connectivity index (χ3v) is 1.72. The standard InChI is InChI=1S/C12H18O/c1-2-3-4-5-6-7-8-9-10-11-12-13/h2,8-12H,1,3-7H2. The molecule has 13 heavy (non-hydrogen) atoms. The van der Waals surface area contributed by atoms with Gasteiger partial charge in [-0.15, -0.1) is 6.58 Å². The largest absolute Gasteiger partial charge is 0.299 e. The van der Waals surface area contributed by atoms with Crippen molar-refractivity contribution in [3.63, 3.8) is 0 Å². The van der Waals surface area contributed by atoms with Crippen molar-refractivity contribution in [1.29, 1.82) is 0 Å². The van der Waals surface area contributed by atoms with Crippen molar-refractivity contribution in [2.75, 3.05) is 0 Å². The highest BCUT2D eigenvalue weighted by Gasteiger charge is 1.83. The lowest BCUT2D eigenvalue weighted by Crippen LogP contribution is -1.73. The Labute approximate surface area is 80.8 Å². The number of hydrogen-bond donors (Lipinski definition) is 0. The molecule has 0 atom stereocenters. The average molecular weight is 178 g/mol. The molecule has 0 aromatic heterocycles. The summed E-state index contributed by atoms with van der Waals surface area (Å²) in [6, 6.07) is 0. The molecule has 1 heteroatoms. The van der Waals surface area contributed by atoms with E-state index in [-0.39, 0.29) is 0 Å². The van der Waals surface area contributed by atoms with Gasteiger partial charge in [-0.05, 0) is 31.8 Å². The summed E-state index contributed by atoms with van der Waals surface area (Å²) in [5.41, 5.74) is 0. The highest BCUT2D eigenvalue weighted by molar-refractivity contribution is 5.65. The number of carbonyl (C=O) groups is 1. The second-order valence-corrected chi connectivity index (χ2v) is 2.88. The summed E-state index contributed by atoms with van der Waals surface area (Å²) >= 11 is 0. The van der Waals surface area contributed by atoms with Crippen LogP contribution in [0.1, 0.15) is 32.1 Å². The van der Waals surface area contributed by atoms with E-state index in [1.165, 1.54) is 25.3 Å². The molecule has 0 spiro atoms. The topological polar surface area (TPSA) is 17.1 Å². The smallest absolute Gasteiger partial charge is 0.142 e. The minimum Gasteiger partial charge on any atom is -0.299 e. The Morgan fingerprint density at radius 2 is 1.69 bits per heavy atom. The summed E-state index contributed by atoms with van der Waals surface area (Å²) in [6.07, 6.45) is 15.9. The molecule has 72 valence electrons. The Hall–Kier alpha value is -1.11. The zero-order valence-electron chi connectivity index (χ0n) is 8.11. The zero-order chi connectivity index (χ0) is 9.78. The Morgan fingerprint density at radius 3 is 2.38 bits per heavy atom. The molecule has 0 aliphatic heterocycles. The lowest BCUT2D eigenvalue weighted by atomic mass is 10.1. The number of aldehydes is 1. The minimum atomic E-state index is 0.786. The monoisotopic (exact) mass is 178 g/mol. The van der Waals surface area contributed by atoms with Crippen LogP contribution in [0.4, 0.5) is 0 Å². The van der Waals surface area contributed by atoms with Crippen LogP contribution in [0.2, 0.25) is 0 Å². The van der Waals surface area contributed by atoms with Gasteiger partial charge in [0.1, 0.15) is 6.29 Å². The van der Waals surface area contributed by atoms with Crippen LogP contribution in [0.5, 0.6) is 0 Å². The van der Waals surface area contributed by atoms with Gasteiger partial charge in [-0.3, -0.25) is 4.79 Å². The Balaban J connectivity index is 3.14. The summed E-state index contributed by atoms with van der Waals surface area (Å²) in [7, 11) is 0. The van der Waals surface area contributed by atoms with Crippen molar-refractivity contribution in [1.82, 2.24) is 0 Å². The molecule has 1 nitrogen and oxygen atoms in total. The van der Waals surface area contributed by atoms with E-state index in [1.807, 2.05) is 12.2 Å². The van der Waals surface area contributed by atoms with E-state index in [0.29, 0.717) is 0 Å². The number of unbranched alkanes of at least 4 members (excludes halogenated alkanes) is 4. The van der Waals surface area contributed by atoms with Crippen LogP contribution in [0, 0.1) is 0 Å². The molecule has 0 rings (SSSR count). The summed E-state index contributed by atoms with van der Waals surface area (Å²) in [4.78, 5) is 9.88. The maximum atomic E-state index is 9.88. The molecule has 0 fully saturated rings. The number of carbonyl (C=O) groups excluding carboxylic acids is 1. The van der Waals surface area contributed by atoms with Crippen LogP contribution >= 0.6 is 0 Å². The molecule has 0 aromatic carbocycles. The van der Waals surface area contributed by atoms with Crippen molar-refractivity contribution in [2.45, 2.75) is 32.1 Å². The zero-order valence-corrected chi connectivity index (χ0v) is 8.11. The van der Waals surface area contributed by atoms with Crippen molar-refractivity contribution in [3.8, 4) is 0 Å². The lowest BCUT2D eigenvalue weighted by molar-refractivity contribution is -0.104. The molecule has 0 N–H and O–H groups in total. The molecule has 0 saturated heterocycles. The second-order valence-electron chi connectivity index (χ2n) is 2.88. The third kappa shape index (κ3) is 10.9. The fraction of sp³-hybridized carbons (Fsp3) is 0.417. The molecule has 0 aromatic rings. The Kier molecular flexibility index (Phi) is 9.96. The van der Waals surface area contributed by atoms with Crippen molar-refractivity contribution >= 4 is 6.29 Å². The maximum Gasteiger partial charge on any atom is 0.142 e. The van der Waals surface area contributed by atoms with Gasteiger partial charge in [0, 0.05) is 0 Å². The second kappa shape index (κ2) is 10.9. The van der Waals surface area contributed by atoms with E-state index >= 15 is 0 Å². The molecule has 0 aliphatic carbocycles. The number of hydrogen-bond acceptors (Lipinski definition) is 1. The van der Waals surface area contributed by atoms with Gasteiger partial charge >= 0.3 is 0 Å². The van der Waals surface area contributed by atoms with Crippen LogP contribution in [0.15, 0.2) is 37.0 Å². The van der Waals surface area contributed by atoms with E-state index in [9.17, 15) is 4.79 Å². The Bertz CT molecular complexity index is 178. The van der Waals surface area contributed by atoms with Gasteiger partial charge in [-0.2, -0.15) is 0 Å². The molecule has 0 saturated carbocycles. The molecule has 0 heterocycles. The first-order valence-electron chi connectivity index (χ1n) is 4.79. The highest BCUT2D eigenvalue weighted by atomic mass is 16.1. The predicted molar refractivity (Wildman–Crippen MR) is 57.6 cm³/mol. The molecule has 0 unspecified atom stereocenters. The molecule has 0 amide bonds. The van der Waals surface area contributed by atoms with Crippen LogP contribution in [-0.4, -0.2) is 6.29 Å². The first kappa shape index (κ1) is 11.9. The van der Waals surface area contributed by atoms with Gasteiger partial charge in [0.25, 0.3) is 0 Å². The summed E-state index contributed by atoms with van der Waals surface area (Å²) in [6.45, 7) is 3.67. The average Bonchev–Trinajstić information content (AvgIpc) is 2.16. The van der Waals surface area contributed by atoms with Crippen LogP contribution in [-0.2, 0) is 4.79 Å². The third-order valence-electron chi connectivity index (χ3n) is 1.72. The minimum absolute atomic E-state index is 0.786. The molecule has 0 bridgehead atoms. The van der Waals surface area contributed by atoms with E-state index in [0.717, 1.165) is 19.1 Å². The van der Waals surface area contributed by atoms with Crippen molar-refractivity contribution in [3.05, 3.63) is 37.0 Å². The molecular formula is C12H18O. The Morgan fingerprint density at radius 1 is 0.923 bits per heavy atom. The SMILES string of the molecule is C=CCCCCCC=CC=CC=O. The summed E-state index contributed by atoms with van der Waals surface area (Å²) in [5.74, 6) is 0. The van der Waals surface area contributed by atoms with E-state index < -0.39 is 0 Å². The molecule has 0 aliphatic rings. The van der Waals surface area contributed by atoms with Gasteiger partial charge in [-0.25, -0.2) is 0 Å². The van der Waals surface area contributed by atoms with Crippen LogP contribution in [0.3, 0.4) is 0 Å². The predicted octanol–water partition coefficient (Wildman–Crippen LogP) is 3.43. The number of rotatable bonds is 8. The van der Waals surface area contributed by atoms with Gasteiger partial charge in [0.15, 0.2) is 0 Å². The van der Waals surface area contributed by atoms with Gasteiger partial charge in [-0.1, -0.05) is 30.7 Å². The fourth-order valence-corrected chi connectivity index (χ4v) is 1.01. The van der Waals surface area contributed by atoms with Crippen molar-refractivity contribution < 1.29 is 4.79 Å². The van der Waals surface area contributed by atoms with Gasteiger partial charge in [0.05, 0.1) is 0 Å². The summed E-state index contributed by atoms with van der Waals surface area (Å²) in [5, 5.41) is 0. The molecule has 0 radical (unpaired) electrons. The lowest BCUT2D eigenvalue weighted by Gasteiger charge is -1.93. The number of allylic oxidation sites excluding steroid dienone is 5.